The minimum Gasteiger partial charge on any atom is -0.493 e. The second kappa shape index (κ2) is 7.47. The van der Waals surface area contributed by atoms with Crippen molar-refractivity contribution in [2.75, 3.05) is 32.2 Å². The molecular weight excluding hydrogens is 352 g/mol. The van der Waals surface area contributed by atoms with Gasteiger partial charge in [-0.05, 0) is 56.5 Å². The number of β-amino-alcohol motifs (C(OH)–C–C–N with tert-alkyl or cyclic N) is 1. The Morgan fingerprint density at radius 3 is 2.43 bits per heavy atom. The number of amidine groups is 1. The van der Waals surface area contributed by atoms with Crippen LogP contribution in [0.15, 0.2) is 42.5 Å². The SMILES string of the molecule is COc1ccc([C@]2(O)CN(c3ccc(C)cc3)C3=[N+]2CCCCC3)cc1OC. The molecule has 5 heteroatoms. The topological polar surface area (TPSA) is 44.9 Å². The second-order valence-electron chi connectivity index (χ2n) is 7.69. The highest BCUT2D eigenvalue weighted by Gasteiger charge is 2.52. The molecule has 0 aliphatic carbocycles. The van der Waals surface area contributed by atoms with E-state index in [9.17, 15) is 5.11 Å². The summed E-state index contributed by atoms with van der Waals surface area (Å²) in [7, 11) is 3.25. The lowest BCUT2D eigenvalue weighted by atomic mass is 10.0. The van der Waals surface area contributed by atoms with Gasteiger partial charge in [0, 0.05) is 12.0 Å². The molecule has 0 aromatic heterocycles. The van der Waals surface area contributed by atoms with Gasteiger partial charge in [0.15, 0.2) is 18.0 Å². The van der Waals surface area contributed by atoms with E-state index in [-0.39, 0.29) is 0 Å². The molecule has 4 rings (SSSR count). The minimum absolute atomic E-state index is 0.501. The smallest absolute Gasteiger partial charge is 0.271 e. The van der Waals surface area contributed by atoms with E-state index in [1.165, 1.54) is 17.8 Å². The van der Waals surface area contributed by atoms with Gasteiger partial charge >= 0.3 is 0 Å². The molecule has 0 radical (unpaired) electrons. The van der Waals surface area contributed by atoms with E-state index in [1.54, 1.807) is 14.2 Å². The van der Waals surface area contributed by atoms with Crippen molar-refractivity contribution in [2.45, 2.75) is 38.3 Å². The third kappa shape index (κ3) is 3.14. The van der Waals surface area contributed by atoms with Gasteiger partial charge in [-0.2, -0.15) is 0 Å². The fourth-order valence-corrected chi connectivity index (χ4v) is 4.37. The zero-order valence-electron chi connectivity index (χ0n) is 16.9. The molecule has 1 atom stereocenters. The fourth-order valence-electron chi connectivity index (χ4n) is 4.37. The summed E-state index contributed by atoms with van der Waals surface area (Å²) in [5, 5.41) is 11.9. The van der Waals surface area contributed by atoms with Gasteiger partial charge in [-0.1, -0.05) is 17.7 Å². The highest BCUT2D eigenvalue weighted by Crippen LogP contribution is 2.38. The van der Waals surface area contributed by atoms with E-state index in [1.807, 2.05) is 18.2 Å². The number of ether oxygens (including phenoxy) is 2. The van der Waals surface area contributed by atoms with Crippen LogP contribution in [0.3, 0.4) is 0 Å². The highest BCUT2D eigenvalue weighted by atomic mass is 16.5. The van der Waals surface area contributed by atoms with Crippen LogP contribution in [-0.2, 0) is 5.72 Å². The van der Waals surface area contributed by atoms with E-state index in [4.69, 9.17) is 9.47 Å². The van der Waals surface area contributed by atoms with E-state index in [0.29, 0.717) is 18.0 Å². The maximum absolute atomic E-state index is 11.9. The number of hydrogen-bond acceptors (Lipinski definition) is 4. The summed E-state index contributed by atoms with van der Waals surface area (Å²) in [5.41, 5.74) is 2.10. The molecule has 0 saturated carbocycles. The molecule has 5 nitrogen and oxygen atoms in total. The van der Waals surface area contributed by atoms with Gasteiger partial charge in [-0.25, -0.2) is 9.48 Å². The van der Waals surface area contributed by atoms with Gasteiger partial charge in [0.1, 0.15) is 5.69 Å². The van der Waals surface area contributed by atoms with Gasteiger partial charge in [0.2, 0.25) is 0 Å². The van der Waals surface area contributed by atoms with Crippen LogP contribution in [-0.4, -0.2) is 42.8 Å². The van der Waals surface area contributed by atoms with Crippen molar-refractivity contribution in [3.8, 4) is 11.5 Å². The third-order valence-electron chi connectivity index (χ3n) is 5.92. The van der Waals surface area contributed by atoms with Crippen molar-refractivity contribution in [2.24, 2.45) is 0 Å². The molecule has 148 valence electrons. The van der Waals surface area contributed by atoms with Crippen LogP contribution < -0.4 is 14.4 Å². The van der Waals surface area contributed by atoms with Crippen LogP contribution in [0.2, 0.25) is 0 Å². The largest absolute Gasteiger partial charge is 0.493 e. The number of aryl methyl sites for hydroxylation is 1. The standard InChI is InChI=1S/C23H29N2O3/c1-17-8-11-19(12-9-17)24-16-23(26,25-14-6-4-5-7-22(24)25)18-10-13-20(27-2)21(15-18)28-3/h8-13,15,26H,4-7,14,16H2,1-3H3/q+1/t23-/m1/s1. The number of methoxy groups -OCH3 is 2. The molecule has 2 heterocycles. The molecule has 2 aromatic rings. The Labute approximate surface area is 166 Å². The first-order valence-electron chi connectivity index (χ1n) is 9.99. The van der Waals surface area contributed by atoms with E-state index in [0.717, 1.165) is 37.1 Å². The number of anilines is 1. The van der Waals surface area contributed by atoms with Gasteiger partial charge < -0.3 is 14.6 Å². The van der Waals surface area contributed by atoms with Gasteiger partial charge in [0.25, 0.3) is 11.6 Å². The van der Waals surface area contributed by atoms with Crippen LogP contribution in [0.25, 0.3) is 0 Å². The average Bonchev–Trinajstić information content (AvgIpc) is 2.87. The molecule has 0 fully saturated rings. The maximum Gasteiger partial charge on any atom is 0.271 e. The molecule has 0 bridgehead atoms. The zero-order valence-corrected chi connectivity index (χ0v) is 16.9. The first kappa shape index (κ1) is 18.8. The van der Waals surface area contributed by atoms with Gasteiger partial charge in [0.05, 0.1) is 20.8 Å². The zero-order chi connectivity index (χ0) is 19.7. The first-order valence-corrected chi connectivity index (χ1v) is 9.99. The first-order chi connectivity index (χ1) is 13.6. The maximum atomic E-state index is 11.9. The average molecular weight is 381 g/mol. The Morgan fingerprint density at radius 1 is 0.964 bits per heavy atom. The summed E-state index contributed by atoms with van der Waals surface area (Å²) >= 11 is 0. The molecule has 0 saturated heterocycles. The number of aliphatic hydroxyl groups is 1. The van der Waals surface area contributed by atoms with Crippen molar-refractivity contribution in [3.63, 3.8) is 0 Å². The molecule has 2 aliphatic rings. The van der Waals surface area contributed by atoms with Crippen molar-refractivity contribution in [3.05, 3.63) is 53.6 Å². The molecule has 2 aliphatic heterocycles. The lowest BCUT2D eigenvalue weighted by Gasteiger charge is -2.24. The van der Waals surface area contributed by atoms with E-state index in [2.05, 4.69) is 40.7 Å². The summed E-state index contributed by atoms with van der Waals surface area (Å²) in [6.07, 6.45) is 4.39. The Kier molecular flexibility index (Phi) is 5.02. The van der Waals surface area contributed by atoms with Gasteiger partial charge in [-0.15, -0.1) is 0 Å². The predicted molar refractivity (Wildman–Crippen MR) is 111 cm³/mol. The molecule has 0 amide bonds. The predicted octanol–water partition coefficient (Wildman–Crippen LogP) is 3.66. The number of hydrogen-bond donors (Lipinski definition) is 1. The number of nitrogens with zero attached hydrogens (tertiary/aromatic N) is 2. The summed E-state index contributed by atoms with van der Waals surface area (Å²) in [4.78, 5) is 2.28. The summed E-state index contributed by atoms with van der Waals surface area (Å²) in [6, 6.07) is 14.3. The third-order valence-corrected chi connectivity index (χ3v) is 5.92. The Bertz CT molecular complexity index is 891. The normalized spacial score (nSPS) is 22.1. The van der Waals surface area contributed by atoms with Crippen molar-refractivity contribution in [1.29, 1.82) is 0 Å². The lowest BCUT2D eigenvalue weighted by Crippen LogP contribution is -2.41. The van der Waals surface area contributed by atoms with E-state index < -0.39 is 5.72 Å². The highest BCUT2D eigenvalue weighted by molar-refractivity contribution is 5.95. The number of benzene rings is 2. The van der Waals surface area contributed by atoms with Crippen molar-refractivity contribution >= 4 is 11.5 Å². The summed E-state index contributed by atoms with van der Waals surface area (Å²) in [5.74, 6) is 2.51. The molecular formula is C23H29N2O3+. The Balaban J connectivity index is 1.80. The molecule has 0 unspecified atom stereocenters. The molecule has 1 N–H and O–H groups in total. The Hall–Kier alpha value is -2.53. The number of rotatable bonds is 4. The van der Waals surface area contributed by atoms with Crippen molar-refractivity contribution < 1.29 is 19.2 Å². The van der Waals surface area contributed by atoms with Crippen LogP contribution in [0.5, 0.6) is 11.5 Å². The molecule has 28 heavy (non-hydrogen) atoms. The lowest BCUT2D eigenvalue weighted by molar-refractivity contribution is -0.658. The monoisotopic (exact) mass is 381 g/mol. The van der Waals surface area contributed by atoms with Crippen LogP contribution in [0, 0.1) is 6.92 Å². The minimum atomic E-state index is -1.09. The summed E-state index contributed by atoms with van der Waals surface area (Å²) < 4.78 is 13.1. The van der Waals surface area contributed by atoms with Crippen molar-refractivity contribution in [1.82, 2.24) is 0 Å². The Morgan fingerprint density at radius 2 is 1.71 bits per heavy atom. The molecule has 2 aromatic carbocycles. The second-order valence-corrected chi connectivity index (χ2v) is 7.69. The van der Waals surface area contributed by atoms with Gasteiger partial charge in [-0.3, -0.25) is 0 Å². The van der Waals surface area contributed by atoms with Crippen LogP contribution >= 0.6 is 0 Å². The quantitative estimate of drug-likeness (QED) is 0.821. The van der Waals surface area contributed by atoms with Crippen LogP contribution in [0.1, 0.15) is 36.8 Å². The van der Waals surface area contributed by atoms with Crippen LogP contribution in [0.4, 0.5) is 5.69 Å². The van der Waals surface area contributed by atoms with E-state index >= 15 is 0 Å². The molecule has 0 spiro atoms. The fraction of sp³-hybridized carbons (Fsp3) is 0.435. The summed E-state index contributed by atoms with van der Waals surface area (Å²) in [6.45, 7) is 3.45.